The van der Waals surface area contributed by atoms with Crippen molar-refractivity contribution in [2.24, 2.45) is 11.7 Å². The van der Waals surface area contributed by atoms with Crippen molar-refractivity contribution in [2.75, 3.05) is 0 Å². The van der Waals surface area contributed by atoms with E-state index in [4.69, 9.17) is 5.73 Å². The summed E-state index contributed by atoms with van der Waals surface area (Å²) in [5, 5.41) is 0. The predicted molar refractivity (Wildman–Crippen MR) is 58.0 cm³/mol. The summed E-state index contributed by atoms with van der Waals surface area (Å²) in [6.07, 6.45) is 2.25. The molecule has 0 aromatic heterocycles. The highest BCUT2D eigenvalue weighted by Crippen LogP contribution is 2.41. The molecular formula is C11H12F3NS. The molecule has 2 rings (SSSR count). The topological polar surface area (TPSA) is 26.0 Å². The Labute approximate surface area is 96.2 Å². The van der Waals surface area contributed by atoms with Gasteiger partial charge in [0, 0.05) is 10.9 Å². The monoisotopic (exact) mass is 247 g/mol. The molecule has 0 spiro atoms. The SMILES string of the molecule is N[C@H](c1ccc(SC(F)(F)F)cc1)C1CC1. The molecule has 88 valence electrons. The van der Waals surface area contributed by atoms with Crippen LogP contribution in [0.15, 0.2) is 29.2 Å². The Kier molecular flexibility index (Phi) is 3.17. The maximum Gasteiger partial charge on any atom is 0.446 e. The van der Waals surface area contributed by atoms with Crippen molar-refractivity contribution >= 4 is 11.8 Å². The third kappa shape index (κ3) is 3.15. The summed E-state index contributed by atoms with van der Waals surface area (Å²) < 4.78 is 36.2. The molecule has 0 amide bonds. The molecule has 1 fully saturated rings. The van der Waals surface area contributed by atoms with Crippen LogP contribution < -0.4 is 5.73 Å². The van der Waals surface area contributed by atoms with Gasteiger partial charge in [-0.25, -0.2) is 0 Å². The summed E-state index contributed by atoms with van der Waals surface area (Å²) in [6, 6.07) is 6.32. The van der Waals surface area contributed by atoms with Crippen LogP contribution in [-0.4, -0.2) is 5.51 Å². The van der Waals surface area contributed by atoms with Crippen LogP contribution >= 0.6 is 11.8 Å². The van der Waals surface area contributed by atoms with Gasteiger partial charge in [0.1, 0.15) is 0 Å². The van der Waals surface area contributed by atoms with E-state index in [9.17, 15) is 13.2 Å². The van der Waals surface area contributed by atoms with Crippen molar-refractivity contribution in [3.05, 3.63) is 29.8 Å². The van der Waals surface area contributed by atoms with E-state index in [1.807, 2.05) is 0 Å². The minimum atomic E-state index is -4.22. The molecule has 5 heteroatoms. The standard InChI is InChI=1S/C11H12F3NS/c12-11(13,14)16-9-5-3-8(4-6-9)10(15)7-1-2-7/h3-7,10H,1-2,15H2/t10-/m0/s1. The van der Waals surface area contributed by atoms with E-state index in [1.165, 1.54) is 12.1 Å². The fourth-order valence-electron chi connectivity index (χ4n) is 1.62. The summed E-state index contributed by atoms with van der Waals surface area (Å²) >= 11 is -0.0956. The number of rotatable bonds is 3. The highest BCUT2D eigenvalue weighted by molar-refractivity contribution is 8.00. The first-order valence-electron chi connectivity index (χ1n) is 5.07. The Morgan fingerprint density at radius 2 is 1.75 bits per heavy atom. The molecule has 1 aliphatic rings. The van der Waals surface area contributed by atoms with Gasteiger partial charge >= 0.3 is 5.51 Å². The van der Waals surface area contributed by atoms with Crippen LogP contribution in [0.5, 0.6) is 0 Å². The number of thioether (sulfide) groups is 1. The molecule has 0 bridgehead atoms. The van der Waals surface area contributed by atoms with Gasteiger partial charge in [-0.15, -0.1) is 0 Å². The van der Waals surface area contributed by atoms with Gasteiger partial charge in [0.25, 0.3) is 0 Å². The molecular weight excluding hydrogens is 235 g/mol. The molecule has 0 heterocycles. The van der Waals surface area contributed by atoms with Crippen LogP contribution in [0, 0.1) is 5.92 Å². The molecule has 1 atom stereocenters. The van der Waals surface area contributed by atoms with Crippen molar-refractivity contribution in [1.29, 1.82) is 0 Å². The second-order valence-corrected chi connectivity index (χ2v) is 5.12. The normalized spacial score (nSPS) is 18.5. The van der Waals surface area contributed by atoms with E-state index >= 15 is 0 Å². The molecule has 1 aliphatic carbocycles. The third-order valence-corrected chi connectivity index (χ3v) is 3.37. The lowest BCUT2D eigenvalue weighted by atomic mass is 10.0. The minimum absolute atomic E-state index is 0.0232. The Balaban J connectivity index is 2.04. The molecule has 0 unspecified atom stereocenters. The van der Waals surface area contributed by atoms with Crippen molar-refractivity contribution in [3.8, 4) is 0 Å². The zero-order valence-corrected chi connectivity index (χ0v) is 9.31. The van der Waals surface area contributed by atoms with E-state index in [0.29, 0.717) is 5.92 Å². The molecule has 0 aliphatic heterocycles. The molecule has 0 saturated heterocycles. The van der Waals surface area contributed by atoms with E-state index in [-0.39, 0.29) is 22.7 Å². The average molecular weight is 247 g/mol. The summed E-state index contributed by atoms with van der Waals surface area (Å²) in [6.45, 7) is 0. The molecule has 1 aromatic carbocycles. The number of halogens is 3. The molecule has 1 saturated carbocycles. The van der Waals surface area contributed by atoms with E-state index in [0.717, 1.165) is 18.4 Å². The van der Waals surface area contributed by atoms with Gasteiger partial charge in [0.15, 0.2) is 0 Å². The first-order chi connectivity index (χ1) is 7.46. The molecule has 1 nitrogen and oxygen atoms in total. The number of hydrogen-bond acceptors (Lipinski definition) is 2. The molecule has 0 radical (unpaired) electrons. The van der Waals surface area contributed by atoms with Gasteiger partial charge in [-0.05, 0) is 48.2 Å². The molecule has 16 heavy (non-hydrogen) atoms. The fraction of sp³-hybridized carbons (Fsp3) is 0.455. The van der Waals surface area contributed by atoms with Crippen LogP contribution in [0.2, 0.25) is 0 Å². The fourth-order valence-corrected chi connectivity index (χ4v) is 2.16. The lowest BCUT2D eigenvalue weighted by Gasteiger charge is -2.11. The van der Waals surface area contributed by atoms with Crippen LogP contribution in [0.3, 0.4) is 0 Å². The Morgan fingerprint density at radius 3 is 2.19 bits per heavy atom. The van der Waals surface area contributed by atoms with Gasteiger partial charge < -0.3 is 5.73 Å². The second-order valence-electron chi connectivity index (χ2n) is 3.98. The maximum absolute atomic E-state index is 12.1. The number of alkyl halides is 3. The maximum atomic E-state index is 12.1. The summed E-state index contributed by atoms with van der Waals surface area (Å²) in [4.78, 5) is 0.208. The summed E-state index contributed by atoms with van der Waals surface area (Å²) in [7, 11) is 0. The molecule has 1 aromatic rings. The van der Waals surface area contributed by atoms with Crippen molar-refractivity contribution in [2.45, 2.75) is 29.3 Å². The predicted octanol–water partition coefficient (Wildman–Crippen LogP) is 3.71. The van der Waals surface area contributed by atoms with Crippen LogP contribution in [-0.2, 0) is 0 Å². The highest BCUT2D eigenvalue weighted by atomic mass is 32.2. The van der Waals surface area contributed by atoms with Gasteiger partial charge in [-0.3, -0.25) is 0 Å². The van der Waals surface area contributed by atoms with E-state index < -0.39 is 5.51 Å². The quantitative estimate of drug-likeness (QED) is 0.824. The van der Waals surface area contributed by atoms with Crippen LogP contribution in [0.4, 0.5) is 13.2 Å². The van der Waals surface area contributed by atoms with Crippen molar-refractivity contribution in [1.82, 2.24) is 0 Å². The minimum Gasteiger partial charge on any atom is -0.324 e. The Bertz CT molecular complexity index is 356. The number of nitrogens with two attached hydrogens (primary N) is 1. The van der Waals surface area contributed by atoms with Crippen molar-refractivity contribution in [3.63, 3.8) is 0 Å². The average Bonchev–Trinajstić information content (AvgIpc) is 2.98. The van der Waals surface area contributed by atoms with Crippen LogP contribution in [0.1, 0.15) is 24.4 Å². The summed E-state index contributed by atoms with van der Waals surface area (Å²) in [5.41, 5.74) is 2.65. The molecule has 2 N–H and O–H groups in total. The highest BCUT2D eigenvalue weighted by Gasteiger charge is 2.31. The van der Waals surface area contributed by atoms with Gasteiger partial charge in [0.2, 0.25) is 0 Å². The Hall–Kier alpha value is -0.680. The lowest BCUT2D eigenvalue weighted by molar-refractivity contribution is -0.0328. The Morgan fingerprint density at radius 1 is 1.19 bits per heavy atom. The number of benzene rings is 1. The van der Waals surface area contributed by atoms with Gasteiger partial charge in [-0.2, -0.15) is 13.2 Å². The largest absolute Gasteiger partial charge is 0.446 e. The summed E-state index contributed by atoms with van der Waals surface area (Å²) in [5.74, 6) is 0.515. The van der Waals surface area contributed by atoms with E-state index in [2.05, 4.69) is 0 Å². The smallest absolute Gasteiger partial charge is 0.324 e. The van der Waals surface area contributed by atoms with Crippen LogP contribution in [0.25, 0.3) is 0 Å². The van der Waals surface area contributed by atoms with Crippen molar-refractivity contribution < 1.29 is 13.2 Å². The van der Waals surface area contributed by atoms with Gasteiger partial charge in [0.05, 0.1) is 0 Å². The lowest BCUT2D eigenvalue weighted by Crippen LogP contribution is -2.12. The van der Waals surface area contributed by atoms with Gasteiger partial charge in [-0.1, -0.05) is 12.1 Å². The zero-order chi connectivity index (χ0) is 11.8. The first-order valence-corrected chi connectivity index (χ1v) is 5.88. The second kappa shape index (κ2) is 4.30. The first kappa shape index (κ1) is 11.8. The zero-order valence-electron chi connectivity index (χ0n) is 8.50. The third-order valence-electron chi connectivity index (χ3n) is 2.63. The van der Waals surface area contributed by atoms with E-state index in [1.54, 1.807) is 12.1 Å². The number of hydrogen-bond donors (Lipinski definition) is 1.